The molecule has 4 heteroatoms. The van der Waals surface area contributed by atoms with Crippen LogP contribution in [0.4, 0.5) is 10.1 Å². The van der Waals surface area contributed by atoms with E-state index in [4.69, 9.17) is 10.00 Å². The van der Waals surface area contributed by atoms with Crippen molar-refractivity contribution >= 4 is 5.69 Å². The molecule has 3 rings (SSSR count). The van der Waals surface area contributed by atoms with E-state index in [0.29, 0.717) is 17.2 Å². The second-order valence-corrected chi connectivity index (χ2v) is 5.45. The van der Waals surface area contributed by atoms with Gasteiger partial charge in [-0.15, -0.1) is 0 Å². The first-order chi connectivity index (χ1) is 10.7. The molecular formula is C18H17FN2O. The second kappa shape index (κ2) is 6.07. The molecule has 0 saturated carbocycles. The quantitative estimate of drug-likeness (QED) is 0.866. The number of nitriles is 1. The van der Waals surface area contributed by atoms with Gasteiger partial charge in [-0.05, 0) is 36.2 Å². The highest BCUT2D eigenvalue weighted by Crippen LogP contribution is 2.36. The first-order valence-corrected chi connectivity index (χ1v) is 7.30. The van der Waals surface area contributed by atoms with Crippen LogP contribution in [0.3, 0.4) is 0 Å². The summed E-state index contributed by atoms with van der Waals surface area (Å²) in [5.41, 5.74) is 2.08. The highest BCUT2D eigenvalue weighted by atomic mass is 19.1. The number of rotatable bonds is 3. The highest BCUT2D eigenvalue weighted by molar-refractivity contribution is 5.53. The summed E-state index contributed by atoms with van der Waals surface area (Å²) in [5, 5.41) is 8.82. The van der Waals surface area contributed by atoms with Gasteiger partial charge in [0.1, 0.15) is 11.6 Å². The minimum atomic E-state index is -0.334. The predicted molar refractivity (Wildman–Crippen MR) is 83.7 cm³/mol. The van der Waals surface area contributed by atoms with Crippen LogP contribution in [-0.2, 0) is 0 Å². The van der Waals surface area contributed by atoms with Crippen LogP contribution in [-0.4, -0.2) is 20.2 Å². The number of methoxy groups -OCH3 is 1. The number of benzene rings is 2. The van der Waals surface area contributed by atoms with E-state index in [1.54, 1.807) is 19.2 Å². The number of para-hydroxylation sites is 1. The van der Waals surface area contributed by atoms with E-state index in [1.807, 2.05) is 29.2 Å². The third kappa shape index (κ3) is 2.62. The molecule has 0 bridgehead atoms. The zero-order chi connectivity index (χ0) is 15.5. The summed E-state index contributed by atoms with van der Waals surface area (Å²) in [6.07, 6.45) is 0.958. The largest absolute Gasteiger partial charge is 0.496 e. The van der Waals surface area contributed by atoms with Crippen LogP contribution in [0, 0.1) is 17.1 Å². The van der Waals surface area contributed by atoms with Gasteiger partial charge in [0.05, 0.1) is 24.4 Å². The average molecular weight is 296 g/mol. The lowest BCUT2D eigenvalue weighted by molar-refractivity contribution is 0.406. The summed E-state index contributed by atoms with van der Waals surface area (Å²) in [4.78, 5) is 2.04. The summed E-state index contributed by atoms with van der Waals surface area (Å²) >= 11 is 0. The molecule has 22 heavy (non-hydrogen) atoms. The first kappa shape index (κ1) is 14.4. The summed E-state index contributed by atoms with van der Waals surface area (Å²) in [5.74, 6) is 0.876. The molecular weight excluding hydrogens is 279 g/mol. The van der Waals surface area contributed by atoms with Gasteiger partial charge in [0.2, 0.25) is 0 Å². The van der Waals surface area contributed by atoms with Crippen molar-refractivity contribution in [1.29, 1.82) is 5.26 Å². The van der Waals surface area contributed by atoms with Gasteiger partial charge in [-0.25, -0.2) is 4.39 Å². The Balaban J connectivity index is 1.82. The number of ether oxygens (including phenoxy) is 1. The van der Waals surface area contributed by atoms with E-state index in [-0.39, 0.29) is 5.82 Å². The Morgan fingerprint density at radius 3 is 2.82 bits per heavy atom. The lowest BCUT2D eigenvalue weighted by Crippen LogP contribution is -2.20. The normalized spacial score (nSPS) is 17.3. The van der Waals surface area contributed by atoms with Crippen molar-refractivity contribution in [3.05, 3.63) is 59.4 Å². The zero-order valence-electron chi connectivity index (χ0n) is 12.4. The smallest absolute Gasteiger partial charge is 0.147 e. The van der Waals surface area contributed by atoms with Crippen molar-refractivity contribution in [3.63, 3.8) is 0 Å². The van der Waals surface area contributed by atoms with Gasteiger partial charge in [0, 0.05) is 19.0 Å². The number of halogens is 1. The highest BCUT2D eigenvalue weighted by Gasteiger charge is 2.27. The summed E-state index contributed by atoms with van der Waals surface area (Å²) in [7, 11) is 1.67. The van der Waals surface area contributed by atoms with Gasteiger partial charge in [-0.1, -0.05) is 18.2 Å². The second-order valence-electron chi connectivity index (χ2n) is 5.45. The predicted octanol–water partition coefficient (Wildman–Crippen LogP) is 3.70. The molecule has 1 unspecified atom stereocenters. The van der Waals surface area contributed by atoms with E-state index in [1.165, 1.54) is 11.6 Å². The SMILES string of the molecule is COc1ccccc1C1CCN(c2ccc(C#N)cc2F)C1. The lowest BCUT2D eigenvalue weighted by Gasteiger charge is -2.20. The Hall–Kier alpha value is -2.54. The molecule has 0 radical (unpaired) electrons. The summed E-state index contributed by atoms with van der Waals surface area (Å²) < 4.78 is 19.6. The van der Waals surface area contributed by atoms with Crippen LogP contribution in [0.5, 0.6) is 5.75 Å². The van der Waals surface area contributed by atoms with Crippen LogP contribution in [0.1, 0.15) is 23.5 Å². The van der Waals surface area contributed by atoms with Gasteiger partial charge in [-0.2, -0.15) is 5.26 Å². The summed E-state index contributed by atoms with van der Waals surface area (Å²) in [6.45, 7) is 1.55. The van der Waals surface area contributed by atoms with Gasteiger partial charge < -0.3 is 9.64 Å². The number of anilines is 1. The van der Waals surface area contributed by atoms with E-state index in [2.05, 4.69) is 6.07 Å². The van der Waals surface area contributed by atoms with Crippen LogP contribution < -0.4 is 9.64 Å². The molecule has 0 N–H and O–H groups in total. The number of hydrogen-bond donors (Lipinski definition) is 0. The Kier molecular flexibility index (Phi) is 3.97. The molecule has 1 heterocycles. The van der Waals surface area contributed by atoms with Crippen LogP contribution >= 0.6 is 0 Å². The van der Waals surface area contributed by atoms with Crippen molar-refractivity contribution in [2.45, 2.75) is 12.3 Å². The maximum Gasteiger partial charge on any atom is 0.147 e. The third-order valence-corrected chi connectivity index (χ3v) is 4.18. The Morgan fingerprint density at radius 2 is 2.09 bits per heavy atom. The monoisotopic (exact) mass is 296 g/mol. The Bertz CT molecular complexity index is 723. The van der Waals surface area contributed by atoms with Crippen LogP contribution in [0.2, 0.25) is 0 Å². The van der Waals surface area contributed by atoms with Gasteiger partial charge in [0.15, 0.2) is 0 Å². The Morgan fingerprint density at radius 1 is 1.27 bits per heavy atom. The molecule has 1 saturated heterocycles. The molecule has 1 aliphatic rings. The number of nitrogens with zero attached hydrogens (tertiary/aromatic N) is 2. The molecule has 0 aliphatic carbocycles. The van der Waals surface area contributed by atoms with Gasteiger partial charge >= 0.3 is 0 Å². The summed E-state index contributed by atoms with van der Waals surface area (Å²) in [6, 6.07) is 14.6. The average Bonchev–Trinajstić information content (AvgIpc) is 3.04. The molecule has 1 aliphatic heterocycles. The standard InChI is InChI=1S/C18H17FN2O/c1-22-18-5-3-2-4-15(18)14-8-9-21(12-14)17-7-6-13(11-20)10-16(17)19/h2-7,10,14H,8-9,12H2,1H3. The Labute approximate surface area is 129 Å². The fourth-order valence-corrected chi connectivity index (χ4v) is 3.07. The van der Waals surface area contributed by atoms with E-state index >= 15 is 0 Å². The molecule has 0 aromatic heterocycles. The maximum atomic E-state index is 14.1. The third-order valence-electron chi connectivity index (χ3n) is 4.18. The van der Waals surface area contributed by atoms with Crippen molar-refractivity contribution in [1.82, 2.24) is 0 Å². The van der Waals surface area contributed by atoms with Gasteiger partial charge in [-0.3, -0.25) is 0 Å². The van der Waals surface area contributed by atoms with Gasteiger partial charge in [0.25, 0.3) is 0 Å². The van der Waals surface area contributed by atoms with Crippen LogP contribution in [0.25, 0.3) is 0 Å². The lowest BCUT2D eigenvalue weighted by atomic mass is 9.97. The van der Waals surface area contributed by atoms with Crippen molar-refractivity contribution in [2.24, 2.45) is 0 Å². The topological polar surface area (TPSA) is 36.3 Å². The first-order valence-electron chi connectivity index (χ1n) is 7.30. The van der Waals surface area contributed by atoms with Crippen molar-refractivity contribution in [2.75, 3.05) is 25.1 Å². The molecule has 2 aromatic rings. The van der Waals surface area contributed by atoms with E-state index < -0.39 is 0 Å². The van der Waals surface area contributed by atoms with Crippen LogP contribution in [0.15, 0.2) is 42.5 Å². The van der Waals surface area contributed by atoms with E-state index in [0.717, 1.165) is 25.3 Å². The molecule has 1 fully saturated rings. The van der Waals surface area contributed by atoms with Crippen molar-refractivity contribution in [3.8, 4) is 11.8 Å². The fourth-order valence-electron chi connectivity index (χ4n) is 3.07. The molecule has 0 amide bonds. The molecule has 2 aromatic carbocycles. The zero-order valence-corrected chi connectivity index (χ0v) is 12.4. The maximum absolute atomic E-state index is 14.1. The minimum absolute atomic E-state index is 0.325. The fraction of sp³-hybridized carbons (Fsp3) is 0.278. The van der Waals surface area contributed by atoms with E-state index in [9.17, 15) is 4.39 Å². The molecule has 3 nitrogen and oxygen atoms in total. The van der Waals surface area contributed by atoms with Crippen molar-refractivity contribution < 1.29 is 9.13 Å². The number of hydrogen-bond acceptors (Lipinski definition) is 3. The minimum Gasteiger partial charge on any atom is -0.496 e. The molecule has 1 atom stereocenters. The molecule has 112 valence electrons. The molecule has 0 spiro atoms.